The van der Waals surface area contributed by atoms with Crippen LogP contribution in [0.2, 0.25) is 5.02 Å². The average Bonchev–Trinajstić information content (AvgIpc) is 2.85. The van der Waals surface area contributed by atoms with Crippen LogP contribution in [-0.4, -0.2) is 43.3 Å². The van der Waals surface area contributed by atoms with Gasteiger partial charge >= 0.3 is 0 Å². The van der Waals surface area contributed by atoms with E-state index in [9.17, 15) is 22.4 Å². The van der Waals surface area contributed by atoms with Gasteiger partial charge in [-0.1, -0.05) is 48.0 Å². The van der Waals surface area contributed by atoms with Crippen molar-refractivity contribution in [3.63, 3.8) is 0 Å². The average molecular weight is 560 g/mol. The quantitative estimate of drug-likeness (QED) is 0.399. The molecule has 0 radical (unpaired) electrons. The number of benzene rings is 3. The van der Waals surface area contributed by atoms with Crippen molar-refractivity contribution in [1.29, 1.82) is 0 Å². The molecule has 2 amide bonds. The van der Waals surface area contributed by atoms with Gasteiger partial charge in [0.05, 0.1) is 10.6 Å². The Kier molecular flexibility index (Phi) is 9.17. The Bertz CT molecular complexity index is 1380. The van der Waals surface area contributed by atoms with Crippen LogP contribution in [0.15, 0.2) is 83.8 Å². The number of hydrogen-bond acceptors (Lipinski definition) is 4. The highest BCUT2D eigenvalue weighted by molar-refractivity contribution is 7.92. The molecule has 0 aliphatic carbocycles. The molecule has 0 aliphatic heterocycles. The van der Waals surface area contributed by atoms with Crippen molar-refractivity contribution < 1.29 is 22.4 Å². The van der Waals surface area contributed by atoms with E-state index in [1.54, 1.807) is 43.3 Å². The van der Waals surface area contributed by atoms with Gasteiger partial charge in [0.25, 0.3) is 10.0 Å². The summed E-state index contributed by atoms with van der Waals surface area (Å²) in [5.41, 5.74) is 0.220. The summed E-state index contributed by atoms with van der Waals surface area (Å²) >= 11 is 6.16. The van der Waals surface area contributed by atoms with Crippen LogP contribution in [0, 0.1) is 5.82 Å². The molecule has 7 nitrogen and oxygen atoms in total. The number of carbonyl (C=O) groups excluding carboxylic acids is 2. The van der Waals surface area contributed by atoms with Gasteiger partial charge in [0, 0.05) is 17.1 Å². The summed E-state index contributed by atoms with van der Waals surface area (Å²) in [7, 11) is -4.18. The molecule has 0 aliphatic rings. The van der Waals surface area contributed by atoms with Gasteiger partial charge in [-0.15, -0.1) is 0 Å². The fourth-order valence-electron chi connectivity index (χ4n) is 3.72. The van der Waals surface area contributed by atoms with E-state index in [2.05, 4.69) is 5.32 Å². The second-order valence-electron chi connectivity index (χ2n) is 9.87. The summed E-state index contributed by atoms with van der Waals surface area (Å²) in [6.07, 6.45) is 0. The van der Waals surface area contributed by atoms with Crippen molar-refractivity contribution in [1.82, 2.24) is 10.2 Å². The van der Waals surface area contributed by atoms with Gasteiger partial charge in [0.1, 0.15) is 18.4 Å². The molecule has 1 N–H and O–H groups in total. The Hall–Kier alpha value is -3.43. The smallest absolute Gasteiger partial charge is 0.264 e. The molecule has 0 bridgehead atoms. The summed E-state index contributed by atoms with van der Waals surface area (Å²) in [5, 5.41) is 3.15. The van der Waals surface area contributed by atoms with Crippen LogP contribution in [0.1, 0.15) is 33.3 Å². The van der Waals surface area contributed by atoms with E-state index in [1.807, 2.05) is 20.8 Å². The van der Waals surface area contributed by atoms with E-state index in [-0.39, 0.29) is 17.1 Å². The maximum atomic E-state index is 13.8. The van der Waals surface area contributed by atoms with Crippen LogP contribution >= 0.6 is 11.6 Å². The van der Waals surface area contributed by atoms with E-state index in [4.69, 9.17) is 11.6 Å². The van der Waals surface area contributed by atoms with Crippen molar-refractivity contribution in [2.75, 3.05) is 10.8 Å². The number of carbonyl (C=O) groups is 2. The number of sulfonamides is 1. The van der Waals surface area contributed by atoms with Crippen LogP contribution in [0.25, 0.3) is 0 Å². The molecular formula is C28H31ClFN3O4S. The zero-order valence-electron chi connectivity index (χ0n) is 21.7. The number of hydrogen-bond donors (Lipinski definition) is 1. The molecule has 0 heterocycles. The van der Waals surface area contributed by atoms with E-state index in [0.717, 1.165) is 4.31 Å². The van der Waals surface area contributed by atoms with Crippen molar-refractivity contribution >= 4 is 39.1 Å². The predicted octanol–water partition coefficient (Wildman–Crippen LogP) is 5.01. The highest BCUT2D eigenvalue weighted by Crippen LogP contribution is 2.27. The topological polar surface area (TPSA) is 86.8 Å². The number of nitrogens with one attached hydrogen (secondary N) is 1. The fraction of sp³-hybridized carbons (Fsp3) is 0.286. The molecule has 1 atom stereocenters. The summed E-state index contributed by atoms with van der Waals surface area (Å²) in [6.45, 7) is 6.39. The van der Waals surface area contributed by atoms with Crippen molar-refractivity contribution in [2.24, 2.45) is 0 Å². The molecule has 38 heavy (non-hydrogen) atoms. The second-order valence-corrected chi connectivity index (χ2v) is 12.2. The minimum absolute atomic E-state index is 0.00335. The summed E-state index contributed by atoms with van der Waals surface area (Å²) in [6, 6.07) is 18.5. The minimum Gasteiger partial charge on any atom is -0.350 e. The Labute approximate surface area is 228 Å². The van der Waals surface area contributed by atoms with Gasteiger partial charge in [-0.25, -0.2) is 12.8 Å². The van der Waals surface area contributed by atoms with E-state index >= 15 is 0 Å². The van der Waals surface area contributed by atoms with Gasteiger partial charge in [-0.3, -0.25) is 13.9 Å². The first-order valence-electron chi connectivity index (χ1n) is 12.0. The predicted molar refractivity (Wildman–Crippen MR) is 147 cm³/mol. The number of halogens is 2. The molecule has 10 heteroatoms. The Morgan fingerprint density at radius 1 is 0.974 bits per heavy atom. The molecule has 0 saturated carbocycles. The van der Waals surface area contributed by atoms with E-state index in [1.165, 1.54) is 47.4 Å². The lowest BCUT2D eigenvalue weighted by Gasteiger charge is -2.33. The largest absolute Gasteiger partial charge is 0.350 e. The van der Waals surface area contributed by atoms with E-state index < -0.39 is 45.8 Å². The SMILES string of the molecule is CC(C(=O)NC(C)(C)C)N(Cc1ccc(F)cc1)C(=O)CN(c1cccc(Cl)c1)S(=O)(=O)c1ccccc1. The van der Waals surface area contributed by atoms with E-state index in [0.29, 0.717) is 10.6 Å². The lowest BCUT2D eigenvalue weighted by Crippen LogP contribution is -2.54. The van der Waals surface area contributed by atoms with Crippen molar-refractivity contribution in [3.05, 3.63) is 95.3 Å². The summed E-state index contributed by atoms with van der Waals surface area (Å²) < 4.78 is 41.8. The molecule has 0 saturated heterocycles. The molecule has 3 aromatic carbocycles. The van der Waals surface area contributed by atoms with Crippen molar-refractivity contribution in [2.45, 2.75) is 50.7 Å². The van der Waals surface area contributed by atoms with Crippen LogP contribution in [0.5, 0.6) is 0 Å². The van der Waals surface area contributed by atoms with Crippen LogP contribution < -0.4 is 9.62 Å². The van der Waals surface area contributed by atoms with Gasteiger partial charge in [0.15, 0.2) is 0 Å². The van der Waals surface area contributed by atoms with Crippen LogP contribution in [0.3, 0.4) is 0 Å². The molecule has 3 aromatic rings. The minimum atomic E-state index is -4.18. The van der Waals surface area contributed by atoms with Gasteiger partial charge in [-0.2, -0.15) is 0 Å². The Morgan fingerprint density at radius 2 is 1.61 bits per heavy atom. The monoisotopic (exact) mass is 559 g/mol. The first kappa shape index (κ1) is 29.1. The lowest BCUT2D eigenvalue weighted by atomic mass is 10.1. The third-order valence-corrected chi connectivity index (χ3v) is 7.66. The number of rotatable bonds is 9. The van der Waals surface area contributed by atoms with Gasteiger partial charge < -0.3 is 10.2 Å². The summed E-state index contributed by atoms with van der Waals surface area (Å²) in [4.78, 5) is 28.1. The third kappa shape index (κ3) is 7.55. The Balaban J connectivity index is 2.02. The van der Waals surface area contributed by atoms with Gasteiger partial charge in [0.2, 0.25) is 11.8 Å². The standard InChI is InChI=1S/C28H31ClFN3O4S/c1-20(27(35)31-28(2,3)4)32(18-21-13-15-23(30)16-14-21)26(34)19-33(24-10-8-9-22(29)17-24)38(36,37)25-11-6-5-7-12-25/h5-17,20H,18-19H2,1-4H3,(H,31,35). The molecule has 202 valence electrons. The second kappa shape index (κ2) is 12.0. The molecule has 0 aromatic heterocycles. The fourth-order valence-corrected chi connectivity index (χ4v) is 5.33. The lowest BCUT2D eigenvalue weighted by molar-refractivity contribution is -0.140. The molecular weight excluding hydrogens is 529 g/mol. The zero-order valence-corrected chi connectivity index (χ0v) is 23.3. The highest BCUT2D eigenvalue weighted by Gasteiger charge is 2.33. The van der Waals surface area contributed by atoms with Crippen LogP contribution in [0.4, 0.5) is 10.1 Å². The maximum absolute atomic E-state index is 13.8. The highest BCUT2D eigenvalue weighted by atomic mass is 35.5. The first-order chi connectivity index (χ1) is 17.8. The summed E-state index contributed by atoms with van der Waals surface area (Å²) in [5.74, 6) is -1.47. The molecule has 1 unspecified atom stereocenters. The van der Waals surface area contributed by atoms with Crippen molar-refractivity contribution in [3.8, 4) is 0 Å². The Morgan fingerprint density at radius 3 is 2.18 bits per heavy atom. The zero-order chi connectivity index (χ0) is 28.1. The molecule has 0 fully saturated rings. The van der Waals surface area contributed by atoms with Gasteiger partial charge in [-0.05, 0) is 75.7 Å². The van der Waals surface area contributed by atoms with Crippen LogP contribution in [-0.2, 0) is 26.2 Å². The number of anilines is 1. The normalized spacial score (nSPS) is 12.5. The molecule has 0 spiro atoms. The molecule has 3 rings (SSSR count). The maximum Gasteiger partial charge on any atom is 0.264 e. The number of amides is 2. The number of nitrogens with zero attached hydrogens (tertiary/aromatic N) is 2. The first-order valence-corrected chi connectivity index (χ1v) is 13.8. The third-order valence-electron chi connectivity index (χ3n) is 5.64.